The molecule has 2 aliphatic rings. The van der Waals surface area contributed by atoms with Gasteiger partial charge in [-0.15, -0.1) is 0 Å². The molecule has 2 saturated heterocycles. The van der Waals surface area contributed by atoms with Crippen molar-refractivity contribution in [2.45, 2.75) is 44.8 Å². The second-order valence-corrected chi connectivity index (χ2v) is 8.54. The minimum absolute atomic E-state index is 0.0244. The fraction of sp³-hybridized carbons (Fsp3) is 0.360. The van der Waals surface area contributed by atoms with Crippen LogP contribution in [-0.2, 0) is 25.5 Å². The van der Waals surface area contributed by atoms with Crippen molar-refractivity contribution in [1.82, 2.24) is 10.6 Å². The molecule has 2 fully saturated rings. The lowest BCUT2D eigenvalue weighted by Gasteiger charge is -2.15. The normalized spacial score (nSPS) is 19.6. The summed E-state index contributed by atoms with van der Waals surface area (Å²) in [7, 11) is 0. The Labute approximate surface area is 196 Å². The highest BCUT2D eigenvalue weighted by atomic mass is 19.1. The van der Waals surface area contributed by atoms with E-state index in [1.54, 1.807) is 24.3 Å². The van der Waals surface area contributed by atoms with Crippen molar-refractivity contribution in [2.24, 2.45) is 0 Å². The fourth-order valence-corrected chi connectivity index (χ4v) is 4.15. The smallest absolute Gasteiger partial charge is 0.414 e. The summed E-state index contributed by atoms with van der Waals surface area (Å²) in [4.78, 5) is 48.1. The topological polar surface area (TPSA) is 105 Å². The summed E-state index contributed by atoms with van der Waals surface area (Å²) in [6.45, 7) is 1.80. The van der Waals surface area contributed by atoms with Crippen molar-refractivity contribution in [3.05, 3.63) is 53.8 Å². The number of ether oxygens (including phenoxy) is 1. The van der Waals surface area contributed by atoms with E-state index in [0.29, 0.717) is 42.5 Å². The first-order valence-electron chi connectivity index (χ1n) is 11.2. The molecule has 1 unspecified atom stereocenters. The van der Waals surface area contributed by atoms with Gasteiger partial charge in [-0.3, -0.25) is 19.3 Å². The van der Waals surface area contributed by atoms with Gasteiger partial charge in [0.2, 0.25) is 11.8 Å². The number of halogens is 1. The summed E-state index contributed by atoms with van der Waals surface area (Å²) >= 11 is 0. The zero-order valence-corrected chi connectivity index (χ0v) is 18.8. The molecule has 2 aliphatic heterocycles. The number of nitrogens with zero attached hydrogens (tertiary/aromatic N) is 1. The number of aryl methyl sites for hydroxylation is 1. The van der Waals surface area contributed by atoms with Gasteiger partial charge < -0.3 is 15.4 Å². The Balaban J connectivity index is 1.37. The number of ketones is 1. The quantitative estimate of drug-likeness (QED) is 0.621. The third-order valence-corrected chi connectivity index (χ3v) is 6.03. The highest BCUT2D eigenvalue weighted by Crippen LogP contribution is 2.29. The largest absolute Gasteiger partial charge is 0.442 e. The average Bonchev–Trinajstić information content (AvgIpc) is 3.42. The van der Waals surface area contributed by atoms with Crippen molar-refractivity contribution in [2.75, 3.05) is 18.0 Å². The summed E-state index contributed by atoms with van der Waals surface area (Å²) in [5.74, 6) is -0.751. The number of benzene rings is 2. The van der Waals surface area contributed by atoms with E-state index >= 15 is 0 Å². The first-order valence-corrected chi connectivity index (χ1v) is 11.2. The first-order chi connectivity index (χ1) is 16.3. The molecule has 4 rings (SSSR count). The molecule has 0 aliphatic carbocycles. The molecule has 2 aromatic rings. The van der Waals surface area contributed by atoms with E-state index in [2.05, 4.69) is 10.6 Å². The molecular weight excluding hydrogens is 441 g/mol. The predicted molar refractivity (Wildman–Crippen MR) is 123 cm³/mol. The number of nitrogens with one attached hydrogen (secondary N) is 2. The lowest BCUT2D eigenvalue weighted by Crippen LogP contribution is -2.33. The number of hydrogen-bond donors (Lipinski definition) is 2. The number of carbonyl (C=O) groups is 4. The highest BCUT2D eigenvalue weighted by molar-refractivity contribution is 5.92. The Kier molecular flexibility index (Phi) is 6.90. The summed E-state index contributed by atoms with van der Waals surface area (Å²) < 4.78 is 20.1. The SMILES string of the molecule is CC(=O)NC[C@H]1CN(c2ccc(-c3ccc(CCC(=O)C4CCC(=O)N4)cc3)c(F)c2)C(=O)O1. The van der Waals surface area contributed by atoms with E-state index in [-0.39, 0.29) is 36.7 Å². The van der Waals surface area contributed by atoms with Gasteiger partial charge in [-0.25, -0.2) is 9.18 Å². The first kappa shape index (κ1) is 23.4. The molecule has 2 atom stereocenters. The monoisotopic (exact) mass is 467 g/mol. The van der Waals surface area contributed by atoms with Crippen molar-refractivity contribution in [3.8, 4) is 11.1 Å². The van der Waals surface area contributed by atoms with E-state index in [0.717, 1.165) is 5.56 Å². The van der Waals surface area contributed by atoms with Crippen LogP contribution >= 0.6 is 0 Å². The lowest BCUT2D eigenvalue weighted by atomic mass is 9.99. The molecule has 2 N–H and O–H groups in total. The van der Waals surface area contributed by atoms with Gasteiger partial charge in [0.1, 0.15) is 11.9 Å². The maximum absolute atomic E-state index is 14.9. The molecule has 9 heteroatoms. The molecule has 2 aromatic carbocycles. The Bertz CT molecular complexity index is 1120. The number of cyclic esters (lactones) is 1. The number of carbonyl (C=O) groups excluding carboxylic acids is 4. The second-order valence-electron chi connectivity index (χ2n) is 8.54. The zero-order chi connectivity index (χ0) is 24.2. The van der Waals surface area contributed by atoms with Crippen LogP contribution in [0.25, 0.3) is 11.1 Å². The van der Waals surface area contributed by atoms with Crippen LogP contribution in [0.5, 0.6) is 0 Å². The summed E-state index contributed by atoms with van der Waals surface area (Å²) in [5, 5.41) is 5.29. The highest BCUT2D eigenvalue weighted by Gasteiger charge is 2.32. The van der Waals surface area contributed by atoms with Crippen LogP contribution in [0, 0.1) is 5.82 Å². The average molecular weight is 467 g/mol. The van der Waals surface area contributed by atoms with Gasteiger partial charge in [0.05, 0.1) is 24.8 Å². The molecular formula is C25H26FN3O5. The Morgan fingerprint density at radius 2 is 1.94 bits per heavy atom. The Morgan fingerprint density at radius 3 is 2.59 bits per heavy atom. The Hall–Kier alpha value is -3.75. The standard InChI is InChI=1S/C25H26FN3O5/c1-15(30)27-13-19-14-29(25(33)34-19)18-7-8-20(21(26)12-18)17-5-2-16(3-6-17)4-10-23(31)22-9-11-24(32)28-22/h2-3,5-8,12,19,22H,4,9-11,13-14H2,1H3,(H,27,30)(H,28,32)/t19-,22?/m0/s1. The summed E-state index contributed by atoms with van der Waals surface area (Å²) in [5.41, 5.74) is 2.39. The minimum Gasteiger partial charge on any atom is -0.442 e. The number of anilines is 1. The molecule has 178 valence electrons. The van der Waals surface area contributed by atoms with Gasteiger partial charge in [-0.05, 0) is 42.2 Å². The van der Waals surface area contributed by atoms with Gasteiger partial charge in [0, 0.05) is 25.3 Å². The van der Waals surface area contributed by atoms with Crippen molar-refractivity contribution in [1.29, 1.82) is 0 Å². The van der Waals surface area contributed by atoms with Crippen LogP contribution in [0.15, 0.2) is 42.5 Å². The molecule has 8 nitrogen and oxygen atoms in total. The molecule has 34 heavy (non-hydrogen) atoms. The molecule has 2 heterocycles. The molecule has 0 spiro atoms. The second kappa shape index (κ2) is 10.0. The van der Waals surface area contributed by atoms with Crippen LogP contribution in [-0.4, -0.2) is 48.9 Å². The molecule has 0 aromatic heterocycles. The lowest BCUT2D eigenvalue weighted by molar-refractivity contribution is -0.124. The predicted octanol–water partition coefficient (Wildman–Crippen LogP) is 2.73. The maximum atomic E-state index is 14.9. The van der Waals surface area contributed by atoms with Gasteiger partial charge in [-0.1, -0.05) is 24.3 Å². The molecule has 0 saturated carbocycles. The van der Waals surface area contributed by atoms with E-state index in [1.807, 2.05) is 12.1 Å². The summed E-state index contributed by atoms with van der Waals surface area (Å²) in [6, 6.07) is 11.5. The van der Waals surface area contributed by atoms with E-state index < -0.39 is 18.0 Å². The maximum Gasteiger partial charge on any atom is 0.414 e. The molecule has 0 bridgehead atoms. The van der Waals surface area contributed by atoms with E-state index in [4.69, 9.17) is 4.74 Å². The number of hydrogen-bond acceptors (Lipinski definition) is 5. The molecule has 3 amide bonds. The van der Waals surface area contributed by atoms with Gasteiger partial charge in [0.25, 0.3) is 0 Å². The fourth-order valence-electron chi connectivity index (χ4n) is 4.15. The van der Waals surface area contributed by atoms with Crippen molar-refractivity contribution < 1.29 is 28.3 Å². The van der Waals surface area contributed by atoms with Gasteiger partial charge >= 0.3 is 6.09 Å². The number of rotatable bonds is 8. The molecule has 0 radical (unpaired) electrons. The summed E-state index contributed by atoms with van der Waals surface area (Å²) in [6.07, 6.45) is 0.747. The number of Topliss-reactive ketones (excluding diaryl/α,β-unsaturated/α-hetero) is 1. The number of amides is 3. The van der Waals surface area contributed by atoms with E-state index in [1.165, 1.54) is 17.9 Å². The zero-order valence-electron chi connectivity index (χ0n) is 18.8. The van der Waals surface area contributed by atoms with Crippen molar-refractivity contribution >= 4 is 29.4 Å². The van der Waals surface area contributed by atoms with Crippen LogP contribution < -0.4 is 15.5 Å². The third-order valence-electron chi connectivity index (χ3n) is 6.03. The van der Waals surface area contributed by atoms with Crippen LogP contribution in [0.3, 0.4) is 0 Å². The van der Waals surface area contributed by atoms with Crippen LogP contribution in [0.2, 0.25) is 0 Å². The van der Waals surface area contributed by atoms with E-state index in [9.17, 15) is 23.6 Å². The third kappa shape index (κ3) is 5.41. The minimum atomic E-state index is -0.585. The van der Waals surface area contributed by atoms with Gasteiger partial charge in [0.15, 0.2) is 5.78 Å². The van der Waals surface area contributed by atoms with Crippen LogP contribution in [0.4, 0.5) is 14.9 Å². The Morgan fingerprint density at radius 1 is 1.18 bits per heavy atom. The van der Waals surface area contributed by atoms with Gasteiger partial charge in [-0.2, -0.15) is 0 Å². The van der Waals surface area contributed by atoms with Crippen molar-refractivity contribution in [3.63, 3.8) is 0 Å². The van der Waals surface area contributed by atoms with Crippen LogP contribution in [0.1, 0.15) is 31.7 Å².